The number of hydrogen-bond donors (Lipinski definition) is 2. The van der Waals surface area contributed by atoms with Gasteiger partial charge in [-0.1, -0.05) is 12.2 Å². The zero-order chi connectivity index (χ0) is 15.5. The first kappa shape index (κ1) is 16.2. The molecule has 0 aromatic carbocycles. The summed E-state index contributed by atoms with van der Waals surface area (Å²) in [5, 5.41) is 8.89. The quantitative estimate of drug-likeness (QED) is 0.669. The number of piperazine rings is 1. The summed E-state index contributed by atoms with van der Waals surface area (Å²) in [5.74, 6) is 0. The molecular formula is C12H18N4O3S2. The Morgan fingerprint density at radius 2 is 2.00 bits per heavy atom. The van der Waals surface area contributed by atoms with Crippen LogP contribution in [0, 0.1) is 0 Å². The highest BCUT2D eigenvalue weighted by Gasteiger charge is 2.28. The van der Waals surface area contributed by atoms with Gasteiger partial charge in [-0.15, -0.1) is 0 Å². The lowest BCUT2D eigenvalue weighted by Crippen LogP contribution is -2.49. The van der Waals surface area contributed by atoms with Crippen LogP contribution in [0.1, 0.15) is 5.69 Å². The number of nitrogens with two attached hydrogens (primary N) is 1. The summed E-state index contributed by atoms with van der Waals surface area (Å²) in [6.07, 6.45) is 1.28. The van der Waals surface area contributed by atoms with Gasteiger partial charge >= 0.3 is 0 Å². The number of sulfonamides is 1. The van der Waals surface area contributed by atoms with Crippen molar-refractivity contribution in [3.8, 4) is 0 Å². The second-order valence-electron chi connectivity index (χ2n) is 4.71. The normalized spacial score (nSPS) is 17.8. The van der Waals surface area contributed by atoms with Crippen LogP contribution in [0.5, 0.6) is 0 Å². The molecule has 1 fully saturated rings. The van der Waals surface area contributed by atoms with Crippen molar-refractivity contribution in [2.24, 2.45) is 5.73 Å². The number of pyridine rings is 1. The molecule has 0 radical (unpaired) electrons. The maximum absolute atomic E-state index is 12.5. The lowest BCUT2D eigenvalue weighted by atomic mass is 10.3. The van der Waals surface area contributed by atoms with Crippen molar-refractivity contribution in [2.45, 2.75) is 4.90 Å². The molecule has 0 spiro atoms. The molecular weight excluding hydrogens is 312 g/mol. The second kappa shape index (κ2) is 6.75. The van der Waals surface area contributed by atoms with E-state index in [0.717, 1.165) is 0 Å². The number of aromatic nitrogens is 1. The molecule has 3 N–H and O–H groups in total. The van der Waals surface area contributed by atoms with Gasteiger partial charge in [-0.05, 0) is 12.1 Å². The Morgan fingerprint density at radius 1 is 1.33 bits per heavy atom. The molecule has 0 amide bonds. The Balaban J connectivity index is 2.10. The highest BCUT2D eigenvalue weighted by molar-refractivity contribution is 7.89. The van der Waals surface area contributed by atoms with Crippen LogP contribution in [0.25, 0.3) is 0 Å². The van der Waals surface area contributed by atoms with E-state index in [0.29, 0.717) is 38.4 Å². The van der Waals surface area contributed by atoms with Crippen LogP contribution < -0.4 is 5.73 Å². The summed E-state index contributed by atoms with van der Waals surface area (Å²) < 4.78 is 26.4. The van der Waals surface area contributed by atoms with Gasteiger partial charge in [0.15, 0.2) is 0 Å². The van der Waals surface area contributed by atoms with Crippen molar-refractivity contribution >= 4 is 27.2 Å². The lowest BCUT2D eigenvalue weighted by Gasteiger charge is -2.33. The topological polar surface area (TPSA) is 99.8 Å². The van der Waals surface area contributed by atoms with Crippen molar-refractivity contribution in [1.82, 2.24) is 14.2 Å². The molecule has 0 bridgehead atoms. The third kappa shape index (κ3) is 3.74. The first-order valence-corrected chi connectivity index (χ1v) is 8.39. The summed E-state index contributed by atoms with van der Waals surface area (Å²) in [4.78, 5) is 6.27. The first-order valence-electron chi connectivity index (χ1n) is 6.54. The number of hydrogen-bond acceptors (Lipinski definition) is 6. The Labute approximate surface area is 129 Å². The van der Waals surface area contributed by atoms with Crippen molar-refractivity contribution in [3.63, 3.8) is 0 Å². The average molecular weight is 330 g/mol. The predicted octanol–water partition coefficient (Wildman–Crippen LogP) is -0.986. The van der Waals surface area contributed by atoms with Gasteiger partial charge in [-0.2, -0.15) is 4.31 Å². The molecule has 0 saturated carbocycles. The van der Waals surface area contributed by atoms with Crippen molar-refractivity contribution < 1.29 is 13.5 Å². The summed E-state index contributed by atoms with van der Waals surface area (Å²) in [5.41, 5.74) is 5.84. The summed E-state index contributed by atoms with van der Waals surface area (Å²) in [7, 11) is -3.55. The summed E-state index contributed by atoms with van der Waals surface area (Å²) >= 11 is 4.79. The maximum atomic E-state index is 12.5. The zero-order valence-electron chi connectivity index (χ0n) is 11.5. The van der Waals surface area contributed by atoms with E-state index in [9.17, 15) is 8.42 Å². The van der Waals surface area contributed by atoms with Crippen LogP contribution in [0.3, 0.4) is 0 Å². The number of thiocarbonyl (C=S) groups is 1. The van der Waals surface area contributed by atoms with Gasteiger partial charge in [0, 0.05) is 38.9 Å². The Morgan fingerprint density at radius 3 is 2.48 bits per heavy atom. The highest BCUT2D eigenvalue weighted by atomic mass is 32.2. The first-order chi connectivity index (χ1) is 9.95. The molecule has 0 unspecified atom stereocenters. The third-order valence-corrected chi connectivity index (χ3v) is 5.47. The van der Waals surface area contributed by atoms with Crippen LogP contribution >= 0.6 is 12.2 Å². The largest absolute Gasteiger partial charge is 0.395 e. The standard InChI is InChI=1S/C12H18N4O3S2/c13-12(20)11-2-1-10(9-14-11)21(18,19)16-5-3-15(4-6-16)7-8-17/h1-2,9,17H,3-8H2,(H2,13,20). The monoisotopic (exact) mass is 330 g/mol. The molecule has 1 saturated heterocycles. The van der Waals surface area contributed by atoms with Gasteiger partial charge in [-0.25, -0.2) is 8.42 Å². The SMILES string of the molecule is NC(=S)c1ccc(S(=O)(=O)N2CCN(CCO)CC2)cn1. The second-order valence-corrected chi connectivity index (χ2v) is 7.09. The molecule has 1 aliphatic rings. The van der Waals surface area contributed by atoms with Crippen molar-refractivity contribution in [3.05, 3.63) is 24.0 Å². The van der Waals surface area contributed by atoms with Crippen LogP contribution in [0.2, 0.25) is 0 Å². The fourth-order valence-corrected chi connectivity index (χ4v) is 3.65. The van der Waals surface area contributed by atoms with Gasteiger partial charge in [0.25, 0.3) is 0 Å². The predicted molar refractivity (Wildman–Crippen MR) is 82.4 cm³/mol. The van der Waals surface area contributed by atoms with Gasteiger partial charge in [-0.3, -0.25) is 9.88 Å². The molecule has 0 atom stereocenters. The van der Waals surface area contributed by atoms with Gasteiger partial charge in [0.05, 0.1) is 12.3 Å². The van der Waals surface area contributed by atoms with E-state index in [1.807, 2.05) is 4.90 Å². The van der Waals surface area contributed by atoms with Gasteiger partial charge < -0.3 is 10.8 Å². The molecule has 9 heteroatoms. The van der Waals surface area contributed by atoms with Gasteiger partial charge in [0.2, 0.25) is 10.0 Å². The van der Waals surface area contributed by atoms with Crippen LogP contribution in [0.4, 0.5) is 0 Å². The van der Waals surface area contributed by atoms with Crippen LogP contribution in [-0.2, 0) is 10.0 Å². The smallest absolute Gasteiger partial charge is 0.244 e. The number of aliphatic hydroxyl groups excluding tert-OH is 1. The van der Waals surface area contributed by atoms with E-state index < -0.39 is 10.0 Å². The molecule has 2 rings (SSSR count). The van der Waals surface area contributed by atoms with E-state index in [4.69, 9.17) is 23.1 Å². The van der Waals surface area contributed by atoms with Gasteiger partial charge in [0.1, 0.15) is 9.88 Å². The maximum Gasteiger partial charge on any atom is 0.244 e. The molecule has 1 aromatic heterocycles. The fourth-order valence-electron chi connectivity index (χ4n) is 2.16. The minimum atomic E-state index is -3.55. The van der Waals surface area contributed by atoms with E-state index in [1.54, 1.807) is 0 Å². The molecule has 21 heavy (non-hydrogen) atoms. The summed E-state index contributed by atoms with van der Waals surface area (Å²) in [6, 6.07) is 2.98. The van der Waals surface area contributed by atoms with Crippen LogP contribution in [0.15, 0.2) is 23.2 Å². The number of rotatable bonds is 5. The van der Waals surface area contributed by atoms with E-state index in [1.165, 1.54) is 22.6 Å². The minimum Gasteiger partial charge on any atom is -0.395 e. The Bertz CT molecular complexity index is 595. The van der Waals surface area contributed by atoms with E-state index in [2.05, 4.69) is 4.98 Å². The Hall–Kier alpha value is -1.13. The molecule has 116 valence electrons. The summed E-state index contributed by atoms with van der Waals surface area (Å²) in [6.45, 7) is 2.67. The molecule has 0 aliphatic carbocycles. The number of nitrogens with zero attached hydrogens (tertiary/aromatic N) is 3. The number of aliphatic hydroxyl groups is 1. The van der Waals surface area contributed by atoms with E-state index in [-0.39, 0.29) is 16.5 Å². The average Bonchev–Trinajstić information content (AvgIpc) is 2.48. The molecule has 1 aliphatic heterocycles. The number of β-amino-alcohol motifs (C(OH)–C–C–N with tert-alkyl or cyclic N) is 1. The highest BCUT2D eigenvalue weighted by Crippen LogP contribution is 2.17. The third-order valence-electron chi connectivity index (χ3n) is 3.37. The molecule has 7 nitrogen and oxygen atoms in total. The molecule has 1 aromatic rings. The fraction of sp³-hybridized carbons (Fsp3) is 0.500. The Kier molecular flexibility index (Phi) is 5.22. The zero-order valence-corrected chi connectivity index (χ0v) is 13.1. The van der Waals surface area contributed by atoms with Crippen molar-refractivity contribution in [1.29, 1.82) is 0 Å². The minimum absolute atomic E-state index is 0.0805. The van der Waals surface area contributed by atoms with E-state index >= 15 is 0 Å². The van der Waals surface area contributed by atoms with Crippen LogP contribution in [-0.4, -0.2) is 72.0 Å². The lowest BCUT2D eigenvalue weighted by molar-refractivity contribution is 0.151. The van der Waals surface area contributed by atoms with Crippen molar-refractivity contribution in [2.75, 3.05) is 39.3 Å². The molecule has 2 heterocycles.